The SMILES string of the molecule is Cc1cccc(-c2nc(C(C)C)no2)c1NC(=O)Cc1csc(NC(=O)c2ccoc2C)n1. The van der Waals surface area contributed by atoms with E-state index in [-0.39, 0.29) is 24.2 Å². The molecule has 0 aliphatic heterocycles. The monoisotopic (exact) mass is 465 g/mol. The van der Waals surface area contributed by atoms with Gasteiger partial charge in [0, 0.05) is 11.3 Å². The Hall–Kier alpha value is -3.79. The molecule has 0 bridgehead atoms. The van der Waals surface area contributed by atoms with Crippen molar-refractivity contribution < 1.29 is 18.5 Å². The number of furan rings is 1. The summed E-state index contributed by atoms with van der Waals surface area (Å²) in [4.78, 5) is 33.9. The Bertz CT molecular complexity index is 1300. The third-order valence-corrected chi connectivity index (χ3v) is 5.75. The number of carbonyl (C=O) groups excluding carboxylic acids is 2. The third kappa shape index (κ3) is 5.01. The molecule has 0 spiro atoms. The first-order valence-electron chi connectivity index (χ1n) is 10.3. The minimum atomic E-state index is -0.309. The smallest absolute Gasteiger partial charge is 0.260 e. The van der Waals surface area contributed by atoms with Gasteiger partial charge in [0.15, 0.2) is 11.0 Å². The minimum absolute atomic E-state index is 0.0476. The van der Waals surface area contributed by atoms with E-state index < -0.39 is 0 Å². The van der Waals surface area contributed by atoms with Gasteiger partial charge in [-0.2, -0.15) is 4.98 Å². The Morgan fingerprint density at radius 3 is 2.64 bits per heavy atom. The number of nitrogens with zero attached hydrogens (tertiary/aromatic N) is 3. The van der Waals surface area contributed by atoms with Crippen LogP contribution in [0.25, 0.3) is 11.5 Å². The highest BCUT2D eigenvalue weighted by Crippen LogP contribution is 2.31. The van der Waals surface area contributed by atoms with Crippen LogP contribution in [0.2, 0.25) is 0 Å². The van der Waals surface area contributed by atoms with Crippen LogP contribution in [0.15, 0.2) is 44.8 Å². The van der Waals surface area contributed by atoms with E-state index in [1.54, 1.807) is 18.4 Å². The summed E-state index contributed by atoms with van der Waals surface area (Å²) in [7, 11) is 0. The van der Waals surface area contributed by atoms with Crippen molar-refractivity contribution in [3.8, 4) is 11.5 Å². The standard InChI is InChI=1S/C23H23N5O4S/c1-12(2)20-26-22(32-28-20)17-7-5-6-13(3)19(17)25-18(29)10-15-11-33-23(24-15)27-21(30)16-8-9-31-14(16)4/h5-9,11-12H,10H2,1-4H3,(H,25,29)(H,24,27,30). The zero-order chi connectivity index (χ0) is 23.5. The number of rotatable bonds is 7. The molecule has 1 aromatic carbocycles. The molecule has 3 aromatic heterocycles. The first kappa shape index (κ1) is 22.4. The summed E-state index contributed by atoms with van der Waals surface area (Å²) < 4.78 is 10.6. The normalized spacial score (nSPS) is 11.1. The molecule has 9 nitrogen and oxygen atoms in total. The molecular formula is C23H23N5O4S. The van der Waals surface area contributed by atoms with Crippen molar-refractivity contribution in [1.82, 2.24) is 15.1 Å². The number of nitrogens with one attached hydrogen (secondary N) is 2. The molecule has 2 N–H and O–H groups in total. The lowest BCUT2D eigenvalue weighted by atomic mass is 10.1. The number of hydrogen-bond donors (Lipinski definition) is 2. The first-order chi connectivity index (χ1) is 15.8. The second-order valence-electron chi connectivity index (χ2n) is 7.82. The van der Waals surface area contributed by atoms with Crippen molar-refractivity contribution in [3.63, 3.8) is 0 Å². The van der Waals surface area contributed by atoms with E-state index in [0.29, 0.717) is 45.1 Å². The molecule has 2 amide bonds. The van der Waals surface area contributed by atoms with Gasteiger partial charge in [-0.15, -0.1) is 11.3 Å². The van der Waals surface area contributed by atoms with E-state index in [2.05, 4.69) is 25.8 Å². The number of amides is 2. The van der Waals surface area contributed by atoms with Crippen LogP contribution in [0, 0.1) is 13.8 Å². The van der Waals surface area contributed by atoms with Crippen LogP contribution in [0.5, 0.6) is 0 Å². The predicted molar refractivity (Wildman–Crippen MR) is 124 cm³/mol. The molecule has 33 heavy (non-hydrogen) atoms. The van der Waals surface area contributed by atoms with Crippen LogP contribution in [-0.4, -0.2) is 26.9 Å². The fraction of sp³-hybridized carbons (Fsp3) is 0.261. The lowest BCUT2D eigenvalue weighted by Crippen LogP contribution is -2.16. The Morgan fingerprint density at radius 2 is 1.94 bits per heavy atom. The molecule has 0 aliphatic rings. The van der Waals surface area contributed by atoms with Crippen LogP contribution < -0.4 is 10.6 Å². The number of thiazole rings is 1. The van der Waals surface area contributed by atoms with Gasteiger partial charge in [-0.25, -0.2) is 4.98 Å². The largest absolute Gasteiger partial charge is 0.469 e. The van der Waals surface area contributed by atoms with E-state index in [0.717, 1.165) is 5.56 Å². The highest BCUT2D eigenvalue weighted by atomic mass is 32.1. The van der Waals surface area contributed by atoms with Crippen LogP contribution in [0.1, 0.15) is 53.0 Å². The molecule has 0 atom stereocenters. The summed E-state index contributed by atoms with van der Waals surface area (Å²) in [5.41, 5.74) is 3.13. The molecule has 0 saturated carbocycles. The molecule has 170 valence electrons. The second-order valence-corrected chi connectivity index (χ2v) is 8.68. The lowest BCUT2D eigenvalue weighted by molar-refractivity contribution is -0.115. The van der Waals surface area contributed by atoms with Gasteiger partial charge < -0.3 is 14.3 Å². The molecule has 4 rings (SSSR count). The summed E-state index contributed by atoms with van der Waals surface area (Å²) >= 11 is 1.25. The van der Waals surface area contributed by atoms with Crippen molar-refractivity contribution >= 4 is 34.0 Å². The van der Waals surface area contributed by atoms with Gasteiger partial charge in [0.2, 0.25) is 5.91 Å². The maximum Gasteiger partial charge on any atom is 0.260 e. The first-order valence-corrected chi connectivity index (χ1v) is 11.2. The quantitative estimate of drug-likeness (QED) is 0.395. The zero-order valence-corrected chi connectivity index (χ0v) is 19.4. The van der Waals surface area contributed by atoms with Crippen molar-refractivity contribution in [1.29, 1.82) is 0 Å². The number of hydrogen-bond acceptors (Lipinski definition) is 8. The van der Waals surface area contributed by atoms with Crippen LogP contribution in [-0.2, 0) is 11.2 Å². The maximum atomic E-state index is 12.8. The Labute approximate surface area is 194 Å². The number of aromatic nitrogens is 3. The number of aryl methyl sites for hydroxylation is 2. The molecule has 4 aromatic rings. The van der Waals surface area contributed by atoms with Crippen LogP contribution >= 0.6 is 11.3 Å². The summed E-state index contributed by atoms with van der Waals surface area (Å²) in [6.07, 6.45) is 1.51. The molecular weight excluding hydrogens is 442 g/mol. The van der Waals surface area contributed by atoms with Crippen LogP contribution in [0.4, 0.5) is 10.8 Å². The third-order valence-electron chi connectivity index (χ3n) is 4.94. The van der Waals surface area contributed by atoms with Gasteiger partial charge in [-0.3, -0.25) is 14.9 Å². The Morgan fingerprint density at radius 1 is 1.12 bits per heavy atom. The maximum absolute atomic E-state index is 12.8. The van der Waals surface area contributed by atoms with Gasteiger partial charge in [0.05, 0.1) is 35.2 Å². The Kier molecular flexibility index (Phi) is 6.36. The van der Waals surface area contributed by atoms with E-state index in [4.69, 9.17) is 8.94 Å². The second kappa shape index (κ2) is 9.37. The molecule has 3 heterocycles. The van der Waals surface area contributed by atoms with Crippen molar-refractivity contribution in [2.75, 3.05) is 10.6 Å². The summed E-state index contributed by atoms with van der Waals surface area (Å²) in [6.45, 7) is 7.57. The number of carbonyl (C=O) groups is 2. The van der Waals surface area contributed by atoms with Crippen molar-refractivity contribution in [2.45, 2.75) is 40.0 Å². The van der Waals surface area contributed by atoms with E-state index in [1.807, 2.05) is 39.0 Å². The average molecular weight is 466 g/mol. The lowest BCUT2D eigenvalue weighted by Gasteiger charge is -2.11. The zero-order valence-electron chi connectivity index (χ0n) is 18.6. The summed E-state index contributed by atoms with van der Waals surface area (Å²) in [6, 6.07) is 7.19. The molecule has 0 aliphatic carbocycles. The van der Waals surface area contributed by atoms with Gasteiger partial charge >= 0.3 is 0 Å². The van der Waals surface area contributed by atoms with E-state index in [1.165, 1.54) is 17.6 Å². The number of anilines is 2. The van der Waals surface area contributed by atoms with Gasteiger partial charge in [0.1, 0.15) is 5.76 Å². The highest BCUT2D eigenvalue weighted by molar-refractivity contribution is 7.14. The van der Waals surface area contributed by atoms with Gasteiger partial charge in [-0.1, -0.05) is 31.1 Å². The summed E-state index contributed by atoms with van der Waals surface area (Å²) in [5.74, 6) is 1.05. The van der Waals surface area contributed by atoms with E-state index in [9.17, 15) is 9.59 Å². The predicted octanol–water partition coefficient (Wildman–Crippen LogP) is 4.96. The Balaban J connectivity index is 1.45. The molecule has 0 unspecified atom stereocenters. The van der Waals surface area contributed by atoms with Crippen LogP contribution in [0.3, 0.4) is 0 Å². The molecule has 10 heteroatoms. The van der Waals surface area contributed by atoms with Crippen molar-refractivity contribution in [2.24, 2.45) is 0 Å². The molecule has 0 radical (unpaired) electrons. The topological polar surface area (TPSA) is 123 Å². The minimum Gasteiger partial charge on any atom is -0.469 e. The highest BCUT2D eigenvalue weighted by Gasteiger charge is 2.19. The molecule has 0 saturated heterocycles. The fourth-order valence-electron chi connectivity index (χ4n) is 3.17. The van der Waals surface area contributed by atoms with Crippen molar-refractivity contribution in [3.05, 3.63) is 64.3 Å². The van der Waals surface area contributed by atoms with E-state index >= 15 is 0 Å². The van der Waals surface area contributed by atoms with Gasteiger partial charge in [0.25, 0.3) is 11.8 Å². The summed E-state index contributed by atoms with van der Waals surface area (Å²) in [5, 5.41) is 11.8. The fourth-order valence-corrected chi connectivity index (χ4v) is 3.87. The number of benzene rings is 1. The number of para-hydroxylation sites is 1. The van der Waals surface area contributed by atoms with Gasteiger partial charge in [-0.05, 0) is 31.5 Å². The molecule has 0 fully saturated rings. The average Bonchev–Trinajstić information content (AvgIpc) is 3.51.